The van der Waals surface area contributed by atoms with Crippen LogP contribution >= 0.6 is 0 Å². The molecule has 0 amide bonds. The average Bonchev–Trinajstić information content (AvgIpc) is 2.46. The van der Waals surface area contributed by atoms with Crippen molar-refractivity contribution in [2.24, 2.45) is 10.8 Å². The summed E-state index contributed by atoms with van der Waals surface area (Å²) in [7, 11) is 0. The minimum Gasteiger partial charge on any atom is -0.0575 e. The molecule has 0 aromatic carbocycles. The lowest BCUT2D eigenvalue weighted by atomic mass is 9.41. The van der Waals surface area contributed by atoms with Crippen molar-refractivity contribution in [1.29, 1.82) is 0 Å². The summed E-state index contributed by atoms with van der Waals surface area (Å²) in [5.74, 6) is 0. The van der Waals surface area contributed by atoms with E-state index in [-0.39, 0.29) is 10.8 Å². The third kappa shape index (κ3) is 1.10. The summed E-state index contributed by atoms with van der Waals surface area (Å²) < 4.78 is 0. The van der Waals surface area contributed by atoms with Crippen molar-refractivity contribution in [1.82, 2.24) is 0 Å². The van der Waals surface area contributed by atoms with Crippen LogP contribution in [0.1, 0.15) is 53.4 Å². The van der Waals surface area contributed by atoms with Crippen LogP contribution in [0.5, 0.6) is 0 Å². The summed E-state index contributed by atoms with van der Waals surface area (Å²) in [4.78, 5) is 0. The van der Waals surface area contributed by atoms with E-state index in [2.05, 4.69) is 52.0 Å². The third-order valence-corrected chi connectivity index (χ3v) is 8.20. The van der Waals surface area contributed by atoms with Gasteiger partial charge in [0.05, 0.1) is 0 Å². The normalized spacial score (nSPS) is 38.2. The minimum absolute atomic E-state index is 0.111. The van der Waals surface area contributed by atoms with Gasteiger partial charge in [-0.15, -0.1) is 0 Å². The van der Waals surface area contributed by atoms with E-state index in [1.165, 1.54) is 31.3 Å². The Bertz CT molecular complexity index is 979. The van der Waals surface area contributed by atoms with Crippen LogP contribution in [-0.2, 0) is 0 Å². The van der Waals surface area contributed by atoms with E-state index in [9.17, 15) is 0 Å². The predicted molar refractivity (Wildman–Crippen MR) is 99.4 cm³/mol. The van der Waals surface area contributed by atoms with Crippen LogP contribution in [0.3, 0.4) is 0 Å². The van der Waals surface area contributed by atoms with Crippen LogP contribution in [0, 0.1) is 10.8 Å². The quantitative estimate of drug-likeness (QED) is 0.494. The van der Waals surface area contributed by atoms with Crippen molar-refractivity contribution in [2.75, 3.05) is 0 Å². The molecular weight excluding hydrogens is 288 g/mol. The zero-order valence-electron chi connectivity index (χ0n) is 15.1. The number of allylic oxidation sites excluding steroid dienone is 14. The lowest BCUT2D eigenvalue weighted by Gasteiger charge is -2.61. The van der Waals surface area contributed by atoms with E-state index in [0.717, 1.165) is 0 Å². The smallest absolute Gasteiger partial charge is 0.0315 e. The molecule has 24 heavy (non-hydrogen) atoms. The average molecular weight is 312 g/mol. The van der Waals surface area contributed by atoms with Gasteiger partial charge >= 0.3 is 0 Å². The zero-order chi connectivity index (χ0) is 16.4. The number of rotatable bonds is 0. The molecule has 0 heterocycles. The lowest BCUT2D eigenvalue weighted by Crippen LogP contribution is -2.51. The second kappa shape index (κ2) is 3.72. The molecule has 6 aliphatic carbocycles. The molecule has 2 atom stereocenters. The Morgan fingerprint density at radius 1 is 0.708 bits per heavy atom. The molecule has 0 aromatic rings. The van der Waals surface area contributed by atoms with E-state index < -0.39 is 0 Å². The second-order valence-electron chi connectivity index (χ2n) is 8.80. The van der Waals surface area contributed by atoms with Gasteiger partial charge in [-0.05, 0) is 95.3 Å². The third-order valence-electron chi connectivity index (χ3n) is 8.20. The SMILES string of the molecule is CC1=C2C=C3CCC3=C3C=CC4=C(C)C5=C(CC5)C(=C1)[C@@]4(C)[C@]23C. The molecule has 1 fully saturated rings. The highest BCUT2D eigenvalue weighted by Crippen LogP contribution is 2.71. The van der Waals surface area contributed by atoms with Crippen LogP contribution in [0.4, 0.5) is 0 Å². The van der Waals surface area contributed by atoms with Gasteiger partial charge in [0.2, 0.25) is 0 Å². The molecule has 0 unspecified atom stereocenters. The molecule has 1 saturated carbocycles. The first-order valence-electron chi connectivity index (χ1n) is 9.48. The molecular formula is C24H24. The van der Waals surface area contributed by atoms with Gasteiger partial charge in [-0.2, -0.15) is 0 Å². The fourth-order valence-corrected chi connectivity index (χ4v) is 6.53. The molecule has 0 N–H and O–H groups in total. The van der Waals surface area contributed by atoms with Crippen molar-refractivity contribution in [3.63, 3.8) is 0 Å². The highest BCUT2D eigenvalue weighted by atomic mass is 14.6. The van der Waals surface area contributed by atoms with E-state index >= 15 is 0 Å². The number of hydrogen-bond acceptors (Lipinski definition) is 0. The summed E-state index contributed by atoms with van der Waals surface area (Å²) in [6, 6.07) is 0. The molecule has 120 valence electrons. The molecule has 0 saturated heterocycles. The fourth-order valence-electron chi connectivity index (χ4n) is 6.53. The summed E-state index contributed by atoms with van der Waals surface area (Å²) in [5.41, 5.74) is 16.3. The maximum Gasteiger partial charge on any atom is 0.0315 e. The standard InChI is InChI=1S/C24H24/c1-13-11-22-18-8-7-16(18)14(2)19-9-10-20-17-6-5-15(17)12-21(13)24(20,4)23(19,22)3/h9-12H,5-8H2,1-4H3/t23-,24-/m0/s1. The molecule has 0 aliphatic heterocycles. The van der Waals surface area contributed by atoms with Crippen LogP contribution < -0.4 is 0 Å². The van der Waals surface area contributed by atoms with Gasteiger partial charge in [0.25, 0.3) is 0 Å². The molecule has 0 aromatic heterocycles. The molecule has 0 bridgehead atoms. The number of hydrogen-bond donors (Lipinski definition) is 0. The van der Waals surface area contributed by atoms with Crippen LogP contribution in [0.25, 0.3) is 0 Å². The molecule has 6 aliphatic rings. The Kier molecular flexibility index (Phi) is 2.09. The topological polar surface area (TPSA) is 0 Å². The first kappa shape index (κ1) is 13.5. The maximum absolute atomic E-state index is 2.55. The molecule has 0 spiro atoms. The van der Waals surface area contributed by atoms with Crippen LogP contribution in [-0.4, -0.2) is 0 Å². The van der Waals surface area contributed by atoms with E-state index in [0.29, 0.717) is 0 Å². The summed E-state index contributed by atoms with van der Waals surface area (Å²) in [6.07, 6.45) is 15.1. The Morgan fingerprint density at radius 3 is 2.08 bits per heavy atom. The summed E-state index contributed by atoms with van der Waals surface area (Å²) >= 11 is 0. The van der Waals surface area contributed by atoms with Crippen molar-refractivity contribution in [2.45, 2.75) is 53.4 Å². The van der Waals surface area contributed by atoms with Crippen LogP contribution in [0.2, 0.25) is 0 Å². The first-order valence-corrected chi connectivity index (χ1v) is 9.48. The lowest BCUT2D eigenvalue weighted by molar-refractivity contribution is 0.233. The Balaban J connectivity index is 1.81. The number of fused-ring (bicyclic) bond motifs is 2. The van der Waals surface area contributed by atoms with Crippen molar-refractivity contribution in [3.8, 4) is 0 Å². The summed E-state index contributed by atoms with van der Waals surface area (Å²) in [5, 5.41) is 0. The van der Waals surface area contributed by atoms with E-state index in [4.69, 9.17) is 0 Å². The molecule has 0 heteroatoms. The Hall–Kier alpha value is -1.82. The van der Waals surface area contributed by atoms with Gasteiger partial charge in [-0.25, -0.2) is 0 Å². The fraction of sp³-hybridized carbons (Fsp3) is 0.417. The minimum atomic E-state index is 0.111. The highest BCUT2D eigenvalue weighted by molar-refractivity contribution is 5.76. The molecule has 6 rings (SSSR count). The summed E-state index contributed by atoms with van der Waals surface area (Å²) in [6.45, 7) is 9.78. The van der Waals surface area contributed by atoms with Gasteiger partial charge in [-0.3, -0.25) is 0 Å². The van der Waals surface area contributed by atoms with Gasteiger partial charge in [0.1, 0.15) is 0 Å². The zero-order valence-corrected chi connectivity index (χ0v) is 15.1. The highest BCUT2D eigenvalue weighted by Gasteiger charge is 2.60. The van der Waals surface area contributed by atoms with Gasteiger partial charge in [-0.1, -0.05) is 38.2 Å². The predicted octanol–water partition coefficient (Wildman–Crippen LogP) is 6.28. The van der Waals surface area contributed by atoms with Gasteiger partial charge in [0.15, 0.2) is 0 Å². The van der Waals surface area contributed by atoms with E-state index in [1.807, 2.05) is 0 Å². The van der Waals surface area contributed by atoms with Crippen molar-refractivity contribution in [3.05, 3.63) is 80.0 Å². The van der Waals surface area contributed by atoms with E-state index in [1.54, 1.807) is 50.2 Å². The largest absolute Gasteiger partial charge is 0.0575 e. The van der Waals surface area contributed by atoms with Gasteiger partial charge in [0, 0.05) is 10.8 Å². The Labute approximate surface area is 144 Å². The monoisotopic (exact) mass is 312 g/mol. The second-order valence-corrected chi connectivity index (χ2v) is 8.80. The first-order chi connectivity index (χ1) is 11.5. The molecule has 0 radical (unpaired) electrons. The van der Waals surface area contributed by atoms with Crippen LogP contribution in [0.15, 0.2) is 80.0 Å². The Morgan fingerprint density at radius 2 is 1.42 bits per heavy atom. The van der Waals surface area contributed by atoms with Crippen molar-refractivity contribution < 1.29 is 0 Å². The molecule has 0 nitrogen and oxygen atoms in total. The maximum atomic E-state index is 2.55. The van der Waals surface area contributed by atoms with Crippen molar-refractivity contribution >= 4 is 0 Å². The van der Waals surface area contributed by atoms with Gasteiger partial charge < -0.3 is 0 Å².